The minimum Gasteiger partial charge on any atom is -0.297 e. The van der Waals surface area contributed by atoms with Gasteiger partial charge in [-0.3, -0.25) is 4.90 Å². The van der Waals surface area contributed by atoms with Crippen LogP contribution < -0.4 is 0 Å². The number of thiazole rings is 1. The van der Waals surface area contributed by atoms with Gasteiger partial charge < -0.3 is 0 Å². The fourth-order valence-corrected chi connectivity index (χ4v) is 2.47. The topological polar surface area (TPSA) is 16.1 Å². The minimum absolute atomic E-state index is 0.846. The van der Waals surface area contributed by atoms with Crippen molar-refractivity contribution in [3.8, 4) is 0 Å². The van der Waals surface area contributed by atoms with E-state index in [2.05, 4.69) is 29.1 Å². The summed E-state index contributed by atoms with van der Waals surface area (Å²) in [6.45, 7) is 8.19. The maximum atomic E-state index is 4.31. The van der Waals surface area contributed by atoms with Crippen LogP contribution in [0.1, 0.15) is 19.5 Å². The van der Waals surface area contributed by atoms with E-state index in [1.165, 1.54) is 18.8 Å². The van der Waals surface area contributed by atoms with Gasteiger partial charge in [0.1, 0.15) is 0 Å². The van der Waals surface area contributed by atoms with Gasteiger partial charge in [-0.1, -0.05) is 13.8 Å². The Labute approximate surface area is 83.6 Å². The van der Waals surface area contributed by atoms with Crippen molar-refractivity contribution < 1.29 is 0 Å². The van der Waals surface area contributed by atoms with E-state index in [0.29, 0.717) is 0 Å². The Morgan fingerprint density at radius 1 is 1.46 bits per heavy atom. The summed E-state index contributed by atoms with van der Waals surface area (Å²) in [5.41, 5.74) is 3.14. The molecule has 0 amide bonds. The average molecular weight is 196 g/mol. The summed E-state index contributed by atoms with van der Waals surface area (Å²) in [5, 5.41) is 2.15. The van der Waals surface area contributed by atoms with E-state index in [0.717, 1.165) is 18.4 Å². The van der Waals surface area contributed by atoms with Gasteiger partial charge in [0.25, 0.3) is 0 Å². The third-order valence-electron chi connectivity index (χ3n) is 2.93. The number of nitrogens with zero attached hydrogens (tertiary/aromatic N) is 2. The summed E-state index contributed by atoms with van der Waals surface area (Å²) < 4.78 is 0. The summed E-state index contributed by atoms with van der Waals surface area (Å²) in [4.78, 5) is 6.81. The Morgan fingerprint density at radius 2 is 2.15 bits per heavy atom. The lowest BCUT2D eigenvalue weighted by Crippen LogP contribution is -2.20. The van der Waals surface area contributed by atoms with E-state index in [9.17, 15) is 0 Å². The molecule has 0 bridgehead atoms. The van der Waals surface area contributed by atoms with Crippen LogP contribution in [0.25, 0.3) is 0 Å². The van der Waals surface area contributed by atoms with E-state index in [4.69, 9.17) is 0 Å². The van der Waals surface area contributed by atoms with E-state index in [1.54, 1.807) is 11.3 Å². The molecule has 13 heavy (non-hydrogen) atoms. The van der Waals surface area contributed by atoms with Crippen LogP contribution >= 0.6 is 11.3 Å². The summed E-state index contributed by atoms with van der Waals surface area (Å²) in [6, 6.07) is 0. The quantitative estimate of drug-likeness (QED) is 0.721. The van der Waals surface area contributed by atoms with E-state index in [-0.39, 0.29) is 0 Å². The zero-order valence-corrected chi connectivity index (χ0v) is 9.05. The molecule has 2 rings (SSSR count). The smallest absolute Gasteiger partial charge is 0.0795 e. The predicted octanol–water partition coefficient (Wildman–Crippen LogP) is 2.23. The molecule has 1 aliphatic rings. The van der Waals surface area contributed by atoms with Crippen molar-refractivity contribution in [2.24, 2.45) is 11.8 Å². The van der Waals surface area contributed by atoms with Gasteiger partial charge in [-0.05, 0) is 11.8 Å². The van der Waals surface area contributed by atoms with Crippen LogP contribution in [-0.2, 0) is 6.54 Å². The Balaban J connectivity index is 1.91. The second-order valence-electron chi connectivity index (χ2n) is 4.13. The molecule has 1 aliphatic heterocycles. The maximum Gasteiger partial charge on any atom is 0.0795 e. The fraction of sp³-hybridized carbons (Fsp3) is 0.700. The molecule has 0 radical (unpaired) electrons. The molecule has 1 fully saturated rings. The molecular formula is C10H16N2S. The molecule has 2 atom stereocenters. The van der Waals surface area contributed by atoms with E-state index in [1.807, 2.05) is 5.51 Å². The zero-order chi connectivity index (χ0) is 9.26. The lowest BCUT2D eigenvalue weighted by Gasteiger charge is -2.12. The Morgan fingerprint density at radius 3 is 2.69 bits per heavy atom. The summed E-state index contributed by atoms with van der Waals surface area (Å²) in [7, 11) is 0. The zero-order valence-electron chi connectivity index (χ0n) is 8.23. The first-order valence-electron chi connectivity index (χ1n) is 4.85. The van der Waals surface area contributed by atoms with Gasteiger partial charge in [0.05, 0.1) is 11.2 Å². The van der Waals surface area contributed by atoms with Crippen LogP contribution in [0.3, 0.4) is 0 Å². The highest BCUT2D eigenvalue weighted by molar-refractivity contribution is 7.07. The number of hydrogen-bond acceptors (Lipinski definition) is 3. The molecule has 2 heterocycles. The largest absolute Gasteiger partial charge is 0.297 e. The van der Waals surface area contributed by atoms with Crippen LogP contribution in [0.2, 0.25) is 0 Å². The number of hydrogen-bond donors (Lipinski definition) is 0. The van der Waals surface area contributed by atoms with Gasteiger partial charge in [-0.15, -0.1) is 11.3 Å². The first kappa shape index (κ1) is 9.16. The molecule has 0 spiro atoms. The molecule has 3 heteroatoms. The van der Waals surface area contributed by atoms with Crippen molar-refractivity contribution in [2.45, 2.75) is 20.4 Å². The van der Waals surface area contributed by atoms with Crippen molar-refractivity contribution in [2.75, 3.05) is 13.1 Å². The Hall–Kier alpha value is -0.410. The third kappa shape index (κ3) is 2.09. The van der Waals surface area contributed by atoms with Crippen molar-refractivity contribution in [1.29, 1.82) is 0 Å². The molecule has 1 saturated heterocycles. The molecular weight excluding hydrogens is 180 g/mol. The SMILES string of the molecule is CC1CN(Cc2cscn2)CC1C. The molecule has 0 N–H and O–H groups in total. The summed E-state index contributed by atoms with van der Waals surface area (Å²) in [6.07, 6.45) is 0. The van der Waals surface area contributed by atoms with Gasteiger partial charge >= 0.3 is 0 Å². The maximum absolute atomic E-state index is 4.31. The minimum atomic E-state index is 0.846. The van der Waals surface area contributed by atoms with Gasteiger partial charge in [0, 0.05) is 25.0 Å². The van der Waals surface area contributed by atoms with Crippen LogP contribution in [0, 0.1) is 11.8 Å². The van der Waals surface area contributed by atoms with Crippen molar-refractivity contribution in [1.82, 2.24) is 9.88 Å². The van der Waals surface area contributed by atoms with Crippen LogP contribution in [0.5, 0.6) is 0 Å². The van der Waals surface area contributed by atoms with Crippen molar-refractivity contribution in [3.05, 3.63) is 16.6 Å². The molecule has 2 nitrogen and oxygen atoms in total. The van der Waals surface area contributed by atoms with Gasteiger partial charge in [0.15, 0.2) is 0 Å². The highest BCUT2D eigenvalue weighted by Crippen LogP contribution is 2.23. The third-order valence-corrected chi connectivity index (χ3v) is 3.57. The average Bonchev–Trinajstić information content (AvgIpc) is 2.64. The molecule has 72 valence electrons. The highest BCUT2D eigenvalue weighted by Gasteiger charge is 2.25. The van der Waals surface area contributed by atoms with Crippen LogP contribution in [-0.4, -0.2) is 23.0 Å². The lowest BCUT2D eigenvalue weighted by molar-refractivity contribution is 0.313. The second kappa shape index (κ2) is 3.76. The van der Waals surface area contributed by atoms with Gasteiger partial charge in [-0.2, -0.15) is 0 Å². The van der Waals surface area contributed by atoms with Gasteiger partial charge in [0.2, 0.25) is 0 Å². The Kier molecular flexibility index (Phi) is 2.65. The monoisotopic (exact) mass is 196 g/mol. The molecule has 0 aromatic carbocycles. The van der Waals surface area contributed by atoms with Gasteiger partial charge in [-0.25, -0.2) is 4.98 Å². The second-order valence-corrected chi connectivity index (χ2v) is 4.85. The predicted molar refractivity (Wildman–Crippen MR) is 55.7 cm³/mol. The normalized spacial score (nSPS) is 29.7. The molecule has 0 aliphatic carbocycles. The van der Waals surface area contributed by atoms with Crippen molar-refractivity contribution >= 4 is 11.3 Å². The summed E-state index contributed by atoms with van der Waals surface area (Å²) >= 11 is 1.69. The first-order valence-corrected chi connectivity index (χ1v) is 5.79. The summed E-state index contributed by atoms with van der Waals surface area (Å²) in [5.74, 6) is 1.69. The van der Waals surface area contributed by atoms with E-state index >= 15 is 0 Å². The van der Waals surface area contributed by atoms with E-state index < -0.39 is 0 Å². The fourth-order valence-electron chi connectivity index (χ4n) is 1.92. The lowest BCUT2D eigenvalue weighted by atomic mass is 10.0. The van der Waals surface area contributed by atoms with Crippen molar-refractivity contribution in [3.63, 3.8) is 0 Å². The highest BCUT2D eigenvalue weighted by atomic mass is 32.1. The molecule has 2 unspecified atom stereocenters. The number of likely N-dealkylation sites (tertiary alicyclic amines) is 1. The Bertz CT molecular complexity index is 248. The van der Waals surface area contributed by atoms with Crippen LogP contribution in [0.4, 0.5) is 0 Å². The molecule has 1 aromatic heterocycles. The number of aromatic nitrogens is 1. The standard InChI is InChI=1S/C10H16N2S/c1-8-3-12(4-9(8)2)5-10-6-13-7-11-10/h6-9H,3-5H2,1-2H3. The number of rotatable bonds is 2. The molecule has 1 aromatic rings. The van der Waals surface area contributed by atoms with Crippen LogP contribution in [0.15, 0.2) is 10.9 Å². The molecule has 0 saturated carbocycles. The first-order chi connectivity index (χ1) is 6.25.